The third kappa shape index (κ3) is 8.16. The maximum absolute atomic E-state index is 3.66. The molecule has 310 valence electrons. The lowest BCUT2D eigenvalue weighted by Gasteiger charge is -2.28. The summed E-state index contributed by atoms with van der Waals surface area (Å²) >= 11 is 0. The van der Waals surface area contributed by atoms with Crippen molar-refractivity contribution in [1.82, 2.24) is 4.57 Å². The van der Waals surface area contributed by atoms with Crippen LogP contribution in [0.15, 0.2) is 121 Å². The molecule has 0 atom stereocenters. The Balaban J connectivity index is 1.39. The minimum atomic E-state index is 0.829. The monoisotopic (exact) mass is 798 g/mol. The van der Waals surface area contributed by atoms with Gasteiger partial charge in [0.05, 0.1) is 5.69 Å². The molecule has 0 aliphatic heterocycles. The Labute approximate surface area is 359 Å². The van der Waals surface area contributed by atoms with Crippen LogP contribution in [0.4, 0.5) is 56.9 Å². The summed E-state index contributed by atoms with van der Waals surface area (Å²) in [6, 6.07) is 52.4. The summed E-state index contributed by atoms with van der Waals surface area (Å²) < 4.78 is 2.37. The van der Waals surface area contributed by atoms with Crippen molar-refractivity contribution in [3.8, 4) is 0 Å². The Morgan fingerprint density at radius 2 is 0.767 bits per heavy atom. The van der Waals surface area contributed by atoms with E-state index in [-0.39, 0.29) is 0 Å². The van der Waals surface area contributed by atoms with Gasteiger partial charge in [-0.05, 0) is 189 Å². The van der Waals surface area contributed by atoms with Gasteiger partial charge in [-0.1, -0.05) is 0 Å². The zero-order valence-corrected chi connectivity index (χ0v) is 37.3. The Kier molecular flexibility index (Phi) is 13.1. The van der Waals surface area contributed by atoms with Crippen LogP contribution in [-0.4, -0.2) is 57.4 Å². The number of aryl methyl sites for hydroxylation is 1. The summed E-state index contributed by atoms with van der Waals surface area (Å²) in [4.78, 5) is 14.1. The van der Waals surface area contributed by atoms with Crippen LogP contribution in [0.3, 0.4) is 0 Å². The Hall–Kier alpha value is -6.26. The predicted molar refractivity (Wildman–Crippen MR) is 262 cm³/mol. The molecule has 0 bridgehead atoms. The number of fused-ring (bicyclic) bond motifs is 3. The van der Waals surface area contributed by atoms with Crippen LogP contribution in [0.5, 0.6) is 0 Å². The highest BCUT2D eigenvalue weighted by atomic mass is 15.2. The van der Waals surface area contributed by atoms with Crippen LogP contribution in [-0.2, 0) is 6.54 Å². The molecule has 7 aromatic rings. The van der Waals surface area contributed by atoms with E-state index < -0.39 is 0 Å². The van der Waals surface area contributed by atoms with E-state index >= 15 is 0 Å². The smallest absolute Gasteiger partial charge is 0.101 e. The van der Waals surface area contributed by atoms with Crippen LogP contribution in [0.2, 0.25) is 0 Å². The van der Waals surface area contributed by atoms with Crippen molar-refractivity contribution < 1.29 is 0 Å². The first-order valence-electron chi connectivity index (χ1n) is 22.2. The average Bonchev–Trinajstić information content (AvgIpc) is 3.61. The number of hydrogen-bond acceptors (Lipinski definition) is 6. The Morgan fingerprint density at radius 3 is 1.17 bits per heavy atom. The van der Waals surface area contributed by atoms with Crippen molar-refractivity contribution in [1.29, 1.82) is 0 Å². The van der Waals surface area contributed by atoms with Crippen LogP contribution in [0.25, 0.3) is 21.8 Å². The zero-order valence-electron chi connectivity index (χ0n) is 37.3. The SMILES string of the molecule is CCN(C)c1ccc(N(c2c#cc3c(c2)c2cc(N(c4ccc(N(CC)CC)cc4)c4ccc(N(CC)CC)cc4)ccc2n3CC)c2ccc(N(CC)CC)cc2)cc1. The van der Waals surface area contributed by atoms with E-state index in [1.807, 2.05) is 0 Å². The first kappa shape index (κ1) is 41.9. The molecule has 7 nitrogen and oxygen atoms in total. The van der Waals surface area contributed by atoms with Crippen LogP contribution >= 0.6 is 0 Å². The first-order chi connectivity index (χ1) is 29.3. The van der Waals surface area contributed by atoms with Gasteiger partial charge in [-0.15, -0.1) is 0 Å². The number of rotatable bonds is 18. The Bertz CT molecular complexity index is 2380. The maximum Gasteiger partial charge on any atom is 0.101 e. The molecule has 7 rings (SSSR count). The van der Waals surface area contributed by atoms with Gasteiger partial charge >= 0.3 is 0 Å². The van der Waals surface area contributed by atoms with E-state index in [0.29, 0.717) is 0 Å². The molecule has 1 heterocycles. The van der Waals surface area contributed by atoms with E-state index in [1.54, 1.807) is 0 Å². The molecule has 0 amide bonds. The van der Waals surface area contributed by atoms with E-state index in [1.165, 1.54) is 33.7 Å². The number of benzene rings is 5. The third-order valence-corrected chi connectivity index (χ3v) is 12.2. The van der Waals surface area contributed by atoms with Gasteiger partial charge in [0.15, 0.2) is 0 Å². The molecule has 1 aromatic heterocycles. The zero-order chi connectivity index (χ0) is 42.3. The highest BCUT2D eigenvalue weighted by molar-refractivity contribution is 6.10. The normalized spacial score (nSPS) is 11.2. The molecule has 60 heavy (non-hydrogen) atoms. The van der Waals surface area contributed by atoms with Crippen molar-refractivity contribution in [2.24, 2.45) is 0 Å². The minimum absolute atomic E-state index is 0.829. The lowest BCUT2D eigenvalue weighted by Crippen LogP contribution is -2.22. The van der Waals surface area contributed by atoms with Gasteiger partial charge in [0.25, 0.3) is 0 Å². The molecule has 6 aromatic carbocycles. The van der Waals surface area contributed by atoms with E-state index in [2.05, 4.69) is 230 Å². The molecular weight excluding hydrogens is 735 g/mol. The van der Waals surface area contributed by atoms with Gasteiger partial charge in [-0.2, -0.15) is 0 Å². The summed E-state index contributed by atoms with van der Waals surface area (Å²) in [7, 11) is 2.14. The van der Waals surface area contributed by atoms with E-state index in [4.69, 9.17) is 0 Å². The second-order valence-electron chi connectivity index (χ2n) is 15.3. The standard InChI is InChI=1S/C53H63N7/c1-10-54(9)40-18-26-44(27-19-40)59(45-28-20-41(21-29-45)55(11-2)12-3)48-34-36-52-50(38-48)51-39-49(35-37-53(51)58(52)17-8)60(46-30-22-42(23-31-46)56(13-4)14-5)47-32-24-43(25-33-47)57(15-6)16-7/h18-33,35,37-39H,10-17H2,1-9H3. The molecule has 0 unspecified atom stereocenters. The average molecular weight is 798 g/mol. The van der Waals surface area contributed by atoms with Gasteiger partial charge < -0.3 is 34.0 Å². The van der Waals surface area contributed by atoms with Gasteiger partial charge in [-0.25, -0.2) is 0 Å². The fourth-order valence-electron chi connectivity index (χ4n) is 8.65. The summed E-state index contributed by atoms with van der Waals surface area (Å²) in [5.74, 6) is 0. The second-order valence-corrected chi connectivity index (χ2v) is 15.3. The quantitative estimate of drug-likeness (QED) is 0.0857. The van der Waals surface area contributed by atoms with E-state index in [9.17, 15) is 0 Å². The highest BCUT2D eigenvalue weighted by Gasteiger charge is 2.20. The molecule has 0 fully saturated rings. The molecule has 0 saturated heterocycles. The van der Waals surface area contributed by atoms with Crippen LogP contribution in [0, 0.1) is 12.1 Å². The molecule has 0 radical (unpaired) electrons. The molecule has 0 aliphatic rings. The highest BCUT2D eigenvalue weighted by Crippen LogP contribution is 2.42. The fraction of sp³-hybridized carbons (Fsp3) is 0.321. The Morgan fingerprint density at radius 1 is 0.383 bits per heavy atom. The van der Waals surface area contributed by atoms with Gasteiger partial charge in [0.2, 0.25) is 0 Å². The fourth-order valence-corrected chi connectivity index (χ4v) is 8.65. The van der Waals surface area contributed by atoms with E-state index in [0.717, 1.165) is 97.4 Å². The topological polar surface area (TPSA) is 24.4 Å². The van der Waals surface area contributed by atoms with Crippen molar-refractivity contribution in [2.75, 3.05) is 82.3 Å². The predicted octanol–water partition coefficient (Wildman–Crippen LogP) is 13.3. The van der Waals surface area contributed by atoms with Crippen LogP contribution < -0.4 is 29.4 Å². The van der Waals surface area contributed by atoms with Gasteiger partial charge in [0.1, 0.15) is 5.52 Å². The maximum atomic E-state index is 3.66. The molecule has 0 N–H and O–H groups in total. The summed E-state index contributed by atoms with van der Waals surface area (Å²) in [5, 5.41) is 2.35. The summed E-state index contributed by atoms with van der Waals surface area (Å²) in [6.07, 6.45) is 0. The molecule has 0 spiro atoms. The molecule has 7 heteroatoms. The first-order valence-corrected chi connectivity index (χ1v) is 22.2. The van der Waals surface area contributed by atoms with Crippen molar-refractivity contribution in [3.63, 3.8) is 0 Å². The van der Waals surface area contributed by atoms with Gasteiger partial charge in [-0.3, -0.25) is 0 Å². The number of aromatic nitrogens is 1. The number of nitrogens with zero attached hydrogens (tertiary/aromatic N) is 7. The lowest BCUT2D eigenvalue weighted by molar-refractivity contribution is 0.827. The minimum Gasteiger partial charge on any atom is -0.375 e. The van der Waals surface area contributed by atoms with Crippen LogP contribution in [0.1, 0.15) is 55.4 Å². The molecule has 0 aliphatic carbocycles. The lowest BCUT2D eigenvalue weighted by atomic mass is 10.1. The van der Waals surface area contributed by atoms with Gasteiger partial charge in [0, 0.05) is 127 Å². The largest absolute Gasteiger partial charge is 0.375 e. The van der Waals surface area contributed by atoms with Crippen molar-refractivity contribution in [3.05, 3.63) is 133 Å². The molecular formula is C53H63N7. The molecule has 0 saturated carbocycles. The third-order valence-electron chi connectivity index (χ3n) is 12.2. The number of hydrogen-bond donors (Lipinski definition) is 0. The summed E-state index contributed by atoms with van der Waals surface area (Å²) in [6.45, 7) is 25.3. The van der Waals surface area contributed by atoms with Crippen molar-refractivity contribution in [2.45, 2.75) is 61.9 Å². The summed E-state index contributed by atoms with van der Waals surface area (Å²) in [5.41, 5.74) is 13.6. The second kappa shape index (κ2) is 18.8. The number of anilines is 10. The van der Waals surface area contributed by atoms with Crippen molar-refractivity contribution >= 4 is 78.7 Å².